The normalized spacial score (nSPS) is 10.8. The van der Waals surface area contributed by atoms with Crippen LogP contribution in [-0.2, 0) is 13.0 Å². The van der Waals surface area contributed by atoms with Crippen LogP contribution in [0.2, 0.25) is 0 Å². The molecule has 0 fully saturated rings. The van der Waals surface area contributed by atoms with Gasteiger partial charge in [-0.2, -0.15) is 5.26 Å². The Morgan fingerprint density at radius 1 is 1.02 bits per heavy atom. The summed E-state index contributed by atoms with van der Waals surface area (Å²) >= 11 is 1.23. The fourth-order valence-corrected chi connectivity index (χ4v) is 5.68. The van der Waals surface area contributed by atoms with Crippen LogP contribution in [0.1, 0.15) is 31.2 Å². The van der Waals surface area contributed by atoms with E-state index in [0.29, 0.717) is 56.6 Å². The van der Waals surface area contributed by atoms with Crippen molar-refractivity contribution in [3.8, 4) is 16.5 Å². The second-order valence-corrected chi connectivity index (χ2v) is 11.0. The first-order valence-corrected chi connectivity index (χ1v) is 14.4. The first-order chi connectivity index (χ1) is 21.4. The van der Waals surface area contributed by atoms with Crippen molar-refractivity contribution in [2.24, 2.45) is 0 Å². The zero-order valence-electron chi connectivity index (χ0n) is 23.4. The first-order valence-electron chi connectivity index (χ1n) is 13.6. The van der Waals surface area contributed by atoms with Crippen LogP contribution >= 0.6 is 11.3 Å². The summed E-state index contributed by atoms with van der Waals surface area (Å²) in [6, 6.07) is 22.7. The number of hydrogen-bond donors (Lipinski definition) is 1. The van der Waals surface area contributed by atoms with E-state index in [0.717, 1.165) is 17.3 Å². The molecule has 4 heterocycles. The number of amides is 2. The summed E-state index contributed by atoms with van der Waals surface area (Å²) in [5.74, 6) is -0.725. The topological polar surface area (TPSA) is 117 Å². The highest BCUT2D eigenvalue weighted by molar-refractivity contribution is 7.17. The fourth-order valence-electron chi connectivity index (χ4n) is 4.79. The van der Waals surface area contributed by atoms with E-state index in [1.807, 2.05) is 28.8 Å². The average molecular weight is 602 g/mol. The maximum absolute atomic E-state index is 13.7. The van der Waals surface area contributed by atoms with E-state index in [1.54, 1.807) is 68.1 Å². The molecule has 11 heteroatoms. The van der Waals surface area contributed by atoms with Gasteiger partial charge in [0.05, 0.1) is 33.7 Å². The molecule has 0 radical (unpaired) electrons. The summed E-state index contributed by atoms with van der Waals surface area (Å²) in [4.78, 5) is 42.1. The van der Waals surface area contributed by atoms with Crippen LogP contribution in [-0.4, -0.2) is 38.4 Å². The molecule has 0 spiro atoms. The molecular formula is C33H24FN7O2S. The number of nitrogens with zero attached hydrogens (tertiary/aromatic N) is 6. The van der Waals surface area contributed by atoms with E-state index in [1.165, 1.54) is 22.3 Å². The van der Waals surface area contributed by atoms with E-state index in [-0.39, 0.29) is 11.8 Å². The number of nitriles is 1. The Morgan fingerprint density at radius 2 is 1.91 bits per heavy atom. The number of imidazole rings is 1. The zero-order valence-corrected chi connectivity index (χ0v) is 24.3. The molecule has 4 aromatic heterocycles. The summed E-state index contributed by atoms with van der Waals surface area (Å²) in [6.45, 7) is 0.511. The number of halogens is 1. The Kier molecular flexibility index (Phi) is 7.90. The van der Waals surface area contributed by atoms with Crippen LogP contribution in [0.25, 0.3) is 21.5 Å². The summed E-state index contributed by atoms with van der Waals surface area (Å²) < 4.78 is 15.6. The summed E-state index contributed by atoms with van der Waals surface area (Å²) in [5, 5.41) is 12.2. The van der Waals surface area contributed by atoms with Crippen LogP contribution in [0.15, 0.2) is 97.6 Å². The van der Waals surface area contributed by atoms with Crippen molar-refractivity contribution in [3.05, 3.63) is 125 Å². The fraction of sp³-hybridized carbons (Fsp3) is 0.0909. The quantitative estimate of drug-likeness (QED) is 0.218. The van der Waals surface area contributed by atoms with Gasteiger partial charge in [0.25, 0.3) is 11.8 Å². The Bertz CT molecular complexity index is 2050. The second kappa shape index (κ2) is 12.2. The molecule has 216 valence electrons. The number of benzene rings is 2. The molecule has 2 aromatic carbocycles. The number of fused-ring (bicyclic) bond motifs is 1. The number of rotatable bonds is 8. The molecule has 0 atom stereocenters. The van der Waals surface area contributed by atoms with Crippen molar-refractivity contribution in [1.82, 2.24) is 19.5 Å². The molecule has 2 amide bonds. The molecule has 9 nitrogen and oxygen atoms in total. The SMILES string of the molecule is CN(C(=O)c1cccc(C#N)c1)c1ccc2c(c1)nc(NC(=O)c1ccc(-c3cncc(F)c3)s1)n2CCc1cccnc1. The monoisotopic (exact) mass is 601 g/mol. The minimum Gasteiger partial charge on any atom is -0.311 e. The number of carbonyl (C=O) groups is 2. The molecule has 0 aliphatic heterocycles. The number of aryl methyl sites for hydroxylation is 2. The van der Waals surface area contributed by atoms with Crippen molar-refractivity contribution in [1.29, 1.82) is 5.26 Å². The third kappa shape index (κ3) is 5.92. The van der Waals surface area contributed by atoms with Crippen LogP contribution in [0.5, 0.6) is 0 Å². The predicted octanol–water partition coefficient (Wildman–Crippen LogP) is 6.34. The number of nitrogens with one attached hydrogen (secondary N) is 1. The third-order valence-corrected chi connectivity index (χ3v) is 8.19. The van der Waals surface area contributed by atoms with Gasteiger partial charge in [-0.1, -0.05) is 12.1 Å². The first kappa shape index (κ1) is 28.4. The smallest absolute Gasteiger partial charge is 0.268 e. The molecule has 0 saturated carbocycles. The number of anilines is 2. The van der Waals surface area contributed by atoms with Gasteiger partial charge in [-0.3, -0.25) is 24.9 Å². The molecule has 6 rings (SSSR count). The standard InChI is InChI=1S/C33H24FN7O2S/c1-40(32(43)23-6-2-4-22(14-23)17-35)26-7-8-28-27(16-26)38-33(41(28)13-11-21-5-3-12-36-18-21)39-31(42)30-10-9-29(44-30)24-15-25(34)20-37-19-24/h2-10,12,14-16,18-20H,11,13H2,1H3,(H,38,39,42). The molecule has 0 bridgehead atoms. The van der Waals surface area contributed by atoms with E-state index >= 15 is 0 Å². The number of hydrogen-bond acceptors (Lipinski definition) is 7. The van der Waals surface area contributed by atoms with E-state index < -0.39 is 5.82 Å². The van der Waals surface area contributed by atoms with E-state index in [9.17, 15) is 19.2 Å². The van der Waals surface area contributed by atoms with Crippen molar-refractivity contribution < 1.29 is 14.0 Å². The van der Waals surface area contributed by atoms with Gasteiger partial charge in [0.1, 0.15) is 5.82 Å². The van der Waals surface area contributed by atoms with Gasteiger partial charge in [0.2, 0.25) is 5.95 Å². The zero-order chi connectivity index (χ0) is 30.6. The Hall–Kier alpha value is -5.73. The Labute approximate surface area is 255 Å². The molecule has 0 unspecified atom stereocenters. The van der Waals surface area contributed by atoms with E-state index in [4.69, 9.17) is 4.98 Å². The summed E-state index contributed by atoms with van der Waals surface area (Å²) in [5.41, 5.74) is 4.38. The molecule has 6 aromatic rings. The lowest BCUT2D eigenvalue weighted by Gasteiger charge is -2.17. The van der Waals surface area contributed by atoms with Crippen molar-refractivity contribution in [2.75, 3.05) is 17.3 Å². The predicted molar refractivity (Wildman–Crippen MR) is 167 cm³/mol. The lowest BCUT2D eigenvalue weighted by atomic mass is 10.1. The molecule has 0 aliphatic carbocycles. The van der Waals surface area contributed by atoms with Gasteiger partial charge in [0.15, 0.2) is 0 Å². The molecular weight excluding hydrogens is 577 g/mol. The molecule has 44 heavy (non-hydrogen) atoms. The number of carbonyl (C=O) groups excluding carboxylic acids is 2. The highest BCUT2D eigenvalue weighted by Gasteiger charge is 2.19. The summed E-state index contributed by atoms with van der Waals surface area (Å²) in [6.07, 6.45) is 6.84. The maximum Gasteiger partial charge on any atom is 0.268 e. The van der Waals surface area contributed by atoms with Gasteiger partial charge in [0, 0.05) is 53.9 Å². The second-order valence-electron chi connectivity index (χ2n) is 9.94. The number of thiophene rings is 1. The Balaban J connectivity index is 1.31. The number of pyridine rings is 2. The van der Waals surface area contributed by atoms with Crippen molar-refractivity contribution in [2.45, 2.75) is 13.0 Å². The van der Waals surface area contributed by atoms with Crippen LogP contribution in [0.4, 0.5) is 16.0 Å². The van der Waals surface area contributed by atoms with Crippen LogP contribution in [0.3, 0.4) is 0 Å². The van der Waals surface area contributed by atoms with Gasteiger partial charge < -0.3 is 9.47 Å². The minimum atomic E-state index is -0.452. The highest BCUT2D eigenvalue weighted by atomic mass is 32.1. The van der Waals surface area contributed by atoms with E-state index in [2.05, 4.69) is 21.4 Å². The molecule has 1 N–H and O–H groups in total. The van der Waals surface area contributed by atoms with Crippen molar-refractivity contribution >= 4 is 45.8 Å². The average Bonchev–Trinajstić information content (AvgIpc) is 3.68. The van der Waals surface area contributed by atoms with Crippen molar-refractivity contribution in [3.63, 3.8) is 0 Å². The highest BCUT2D eigenvalue weighted by Crippen LogP contribution is 2.30. The van der Waals surface area contributed by atoms with Crippen LogP contribution < -0.4 is 10.2 Å². The molecule has 0 aliphatic rings. The lowest BCUT2D eigenvalue weighted by Crippen LogP contribution is -2.26. The van der Waals surface area contributed by atoms with Gasteiger partial charge in [-0.25, -0.2) is 9.37 Å². The number of aromatic nitrogens is 4. The van der Waals surface area contributed by atoms with Crippen LogP contribution in [0, 0.1) is 17.1 Å². The lowest BCUT2D eigenvalue weighted by molar-refractivity contribution is 0.0991. The van der Waals surface area contributed by atoms with Gasteiger partial charge in [-0.05, 0) is 72.6 Å². The van der Waals surface area contributed by atoms with Gasteiger partial charge in [-0.15, -0.1) is 11.3 Å². The largest absolute Gasteiger partial charge is 0.311 e. The third-order valence-electron chi connectivity index (χ3n) is 7.05. The summed E-state index contributed by atoms with van der Waals surface area (Å²) in [7, 11) is 1.66. The Morgan fingerprint density at radius 3 is 2.70 bits per heavy atom. The minimum absolute atomic E-state index is 0.270. The molecule has 0 saturated heterocycles. The van der Waals surface area contributed by atoms with Gasteiger partial charge >= 0.3 is 0 Å². The maximum atomic E-state index is 13.7.